The number of amides is 2. The first-order valence-electron chi connectivity index (χ1n) is 10.5. The summed E-state index contributed by atoms with van der Waals surface area (Å²) in [4.78, 5) is 27.4. The lowest BCUT2D eigenvalue weighted by Crippen LogP contribution is -2.48. The SMILES string of the molecule is COc1ccc(C)cc1NC(=O)C(C)N1CCC(C(=O)NCc2ccccc2)CC1. The van der Waals surface area contributed by atoms with Gasteiger partial charge in [-0.3, -0.25) is 14.5 Å². The molecule has 2 N–H and O–H groups in total. The molecule has 1 saturated heterocycles. The largest absolute Gasteiger partial charge is 0.495 e. The van der Waals surface area contributed by atoms with E-state index in [1.165, 1.54) is 0 Å². The molecule has 0 aromatic heterocycles. The van der Waals surface area contributed by atoms with Crippen molar-refractivity contribution in [3.05, 3.63) is 59.7 Å². The normalized spacial score (nSPS) is 16.0. The number of carbonyl (C=O) groups excluding carboxylic acids is 2. The van der Waals surface area contributed by atoms with Crippen molar-refractivity contribution in [2.45, 2.75) is 39.3 Å². The van der Waals surface area contributed by atoms with E-state index in [2.05, 4.69) is 15.5 Å². The highest BCUT2D eigenvalue weighted by atomic mass is 16.5. The lowest BCUT2D eigenvalue weighted by Gasteiger charge is -2.34. The van der Waals surface area contributed by atoms with Gasteiger partial charge < -0.3 is 15.4 Å². The number of hydrogen-bond acceptors (Lipinski definition) is 4. The molecule has 1 aliphatic rings. The zero-order valence-corrected chi connectivity index (χ0v) is 18.0. The minimum Gasteiger partial charge on any atom is -0.495 e. The molecule has 2 aromatic rings. The average molecular weight is 410 g/mol. The molecule has 1 fully saturated rings. The molecule has 6 heteroatoms. The Bertz CT molecular complexity index is 861. The second kappa shape index (κ2) is 10.3. The van der Waals surface area contributed by atoms with E-state index < -0.39 is 0 Å². The number of benzene rings is 2. The third kappa shape index (κ3) is 5.60. The Labute approximate surface area is 178 Å². The molecule has 0 bridgehead atoms. The second-order valence-corrected chi connectivity index (χ2v) is 7.88. The third-order valence-corrected chi connectivity index (χ3v) is 5.75. The fourth-order valence-electron chi connectivity index (χ4n) is 3.80. The zero-order chi connectivity index (χ0) is 21.5. The van der Waals surface area contributed by atoms with Gasteiger partial charge in [-0.05, 0) is 63.0 Å². The minimum atomic E-state index is -0.274. The van der Waals surface area contributed by atoms with E-state index >= 15 is 0 Å². The van der Waals surface area contributed by atoms with Crippen LogP contribution < -0.4 is 15.4 Å². The molecule has 1 unspecified atom stereocenters. The van der Waals surface area contributed by atoms with E-state index in [4.69, 9.17) is 4.74 Å². The Morgan fingerprint density at radius 1 is 1.13 bits per heavy atom. The van der Waals surface area contributed by atoms with Gasteiger partial charge in [0.2, 0.25) is 11.8 Å². The molecule has 1 heterocycles. The van der Waals surface area contributed by atoms with Crippen LogP contribution in [0.2, 0.25) is 0 Å². The number of aryl methyl sites for hydroxylation is 1. The summed E-state index contributed by atoms with van der Waals surface area (Å²) >= 11 is 0. The zero-order valence-electron chi connectivity index (χ0n) is 18.0. The van der Waals surface area contributed by atoms with Crippen LogP contribution in [-0.2, 0) is 16.1 Å². The Morgan fingerprint density at radius 2 is 1.83 bits per heavy atom. The molecular weight excluding hydrogens is 378 g/mol. The Kier molecular flexibility index (Phi) is 7.46. The van der Waals surface area contributed by atoms with Crippen LogP contribution in [0.5, 0.6) is 5.75 Å². The fourth-order valence-corrected chi connectivity index (χ4v) is 3.80. The molecule has 160 valence electrons. The number of ether oxygens (including phenoxy) is 1. The van der Waals surface area contributed by atoms with Gasteiger partial charge in [-0.15, -0.1) is 0 Å². The Balaban J connectivity index is 1.48. The summed E-state index contributed by atoms with van der Waals surface area (Å²) in [6, 6.07) is 15.4. The molecule has 0 aliphatic carbocycles. The second-order valence-electron chi connectivity index (χ2n) is 7.88. The first kappa shape index (κ1) is 21.8. The molecule has 0 saturated carbocycles. The number of hydrogen-bond donors (Lipinski definition) is 2. The summed E-state index contributed by atoms with van der Waals surface area (Å²) in [6.07, 6.45) is 1.51. The van der Waals surface area contributed by atoms with E-state index in [9.17, 15) is 9.59 Å². The summed E-state index contributed by atoms with van der Waals surface area (Å²) in [7, 11) is 1.59. The highest BCUT2D eigenvalue weighted by Crippen LogP contribution is 2.26. The van der Waals surface area contributed by atoms with Crippen molar-refractivity contribution in [3.63, 3.8) is 0 Å². The fraction of sp³-hybridized carbons (Fsp3) is 0.417. The highest BCUT2D eigenvalue weighted by Gasteiger charge is 2.30. The first-order valence-corrected chi connectivity index (χ1v) is 10.5. The predicted octanol–water partition coefficient (Wildman–Crippen LogP) is 3.36. The van der Waals surface area contributed by atoms with Crippen molar-refractivity contribution < 1.29 is 14.3 Å². The molecular formula is C24H31N3O3. The van der Waals surface area contributed by atoms with Gasteiger partial charge in [-0.2, -0.15) is 0 Å². The Morgan fingerprint density at radius 3 is 2.50 bits per heavy atom. The van der Waals surface area contributed by atoms with Crippen LogP contribution in [-0.4, -0.2) is 43.0 Å². The highest BCUT2D eigenvalue weighted by molar-refractivity contribution is 5.96. The van der Waals surface area contributed by atoms with Crippen molar-refractivity contribution in [2.75, 3.05) is 25.5 Å². The number of piperidine rings is 1. The topological polar surface area (TPSA) is 70.7 Å². The van der Waals surface area contributed by atoms with Gasteiger partial charge in [0.05, 0.1) is 18.8 Å². The molecule has 30 heavy (non-hydrogen) atoms. The van der Waals surface area contributed by atoms with Crippen LogP contribution in [0.3, 0.4) is 0 Å². The van der Waals surface area contributed by atoms with E-state index in [-0.39, 0.29) is 23.8 Å². The summed E-state index contributed by atoms with van der Waals surface area (Å²) in [6.45, 7) is 5.89. The van der Waals surface area contributed by atoms with Crippen molar-refractivity contribution in [1.29, 1.82) is 0 Å². The van der Waals surface area contributed by atoms with Gasteiger partial charge in [0.25, 0.3) is 0 Å². The van der Waals surface area contributed by atoms with Crippen LogP contribution in [0.1, 0.15) is 30.9 Å². The lowest BCUT2D eigenvalue weighted by atomic mass is 9.94. The van der Waals surface area contributed by atoms with Crippen molar-refractivity contribution in [2.24, 2.45) is 5.92 Å². The number of carbonyl (C=O) groups is 2. The van der Waals surface area contributed by atoms with E-state index in [0.29, 0.717) is 18.0 Å². The van der Waals surface area contributed by atoms with Gasteiger partial charge in [-0.1, -0.05) is 36.4 Å². The van der Waals surface area contributed by atoms with Crippen LogP contribution in [0.25, 0.3) is 0 Å². The maximum Gasteiger partial charge on any atom is 0.241 e. The molecule has 2 amide bonds. The van der Waals surface area contributed by atoms with E-state index in [0.717, 1.165) is 37.1 Å². The molecule has 3 rings (SSSR count). The summed E-state index contributed by atoms with van der Waals surface area (Å²) in [5.41, 5.74) is 2.84. The van der Waals surface area contributed by atoms with Gasteiger partial charge >= 0.3 is 0 Å². The number of nitrogens with one attached hydrogen (secondary N) is 2. The summed E-state index contributed by atoms with van der Waals surface area (Å²) in [5, 5.41) is 6.02. The molecule has 1 atom stereocenters. The smallest absolute Gasteiger partial charge is 0.241 e. The third-order valence-electron chi connectivity index (χ3n) is 5.75. The number of methoxy groups -OCH3 is 1. The Hall–Kier alpha value is -2.86. The van der Waals surface area contributed by atoms with Gasteiger partial charge in [0.1, 0.15) is 5.75 Å². The quantitative estimate of drug-likeness (QED) is 0.736. The molecule has 0 radical (unpaired) electrons. The lowest BCUT2D eigenvalue weighted by molar-refractivity contribution is -0.127. The number of rotatable bonds is 7. The van der Waals surface area contributed by atoms with Gasteiger partial charge in [-0.25, -0.2) is 0 Å². The van der Waals surface area contributed by atoms with Crippen molar-refractivity contribution in [1.82, 2.24) is 10.2 Å². The van der Waals surface area contributed by atoms with Crippen LogP contribution >= 0.6 is 0 Å². The van der Waals surface area contributed by atoms with E-state index in [1.807, 2.05) is 62.4 Å². The summed E-state index contributed by atoms with van der Waals surface area (Å²) < 4.78 is 5.35. The standard InChI is InChI=1S/C24H31N3O3/c1-17-9-10-22(30-3)21(15-17)26-23(28)18(2)27-13-11-20(12-14-27)24(29)25-16-19-7-5-4-6-8-19/h4-10,15,18,20H,11-14,16H2,1-3H3,(H,25,29)(H,26,28). The number of nitrogens with zero attached hydrogens (tertiary/aromatic N) is 1. The van der Waals surface area contributed by atoms with E-state index in [1.54, 1.807) is 7.11 Å². The average Bonchev–Trinajstić information content (AvgIpc) is 2.78. The summed E-state index contributed by atoms with van der Waals surface area (Å²) in [5.74, 6) is 0.679. The van der Waals surface area contributed by atoms with Crippen LogP contribution in [0, 0.1) is 12.8 Å². The minimum absolute atomic E-state index is 0.00269. The number of likely N-dealkylation sites (tertiary alicyclic amines) is 1. The first-order chi connectivity index (χ1) is 14.5. The molecule has 1 aliphatic heterocycles. The number of anilines is 1. The van der Waals surface area contributed by atoms with Crippen molar-refractivity contribution >= 4 is 17.5 Å². The monoisotopic (exact) mass is 409 g/mol. The van der Waals surface area contributed by atoms with Gasteiger partial charge in [0.15, 0.2) is 0 Å². The molecule has 0 spiro atoms. The molecule has 2 aromatic carbocycles. The van der Waals surface area contributed by atoms with Crippen LogP contribution in [0.4, 0.5) is 5.69 Å². The van der Waals surface area contributed by atoms with Crippen molar-refractivity contribution in [3.8, 4) is 5.75 Å². The maximum atomic E-state index is 12.8. The van der Waals surface area contributed by atoms with Gasteiger partial charge in [0, 0.05) is 12.5 Å². The molecule has 6 nitrogen and oxygen atoms in total. The van der Waals surface area contributed by atoms with Crippen LogP contribution in [0.15, 0.2) is 48.5 Å². The maximum absolute atomic E-state index is 12.8. The predicted molar refractivity (Wildman–Crippen MR) is 118 cm³/mol.